The van der Waals surface area contributed by atoms with Gasteiger partial charge < -0.3 is 10.2 Å². The molecule has 0 saturated heterocycles. The van der Waals surface area contributed by atoms with Crippen molar-refractivity contribution < 1.29 is 15.0 Å². The predicted molar refractivity (Wildman–Crippen MR) is 31.3 cm³/mol. The molecular weight excluding hydrogens is 123 g/mol. The Labute approximate surface area is 86.2 Å². The quantitative estimate of drug-likeness (QED) is 0.483. The third kappa shape index (κ3) is 202. The maximum atomic E-state index is 8.56. The Morgan fingerprint density at radius 3 is 1.14 bits per heavy atom. The first-order valence-electron chi connectivity index (χ1n) is 0.651. The Bertz CT molecular complexity index is 33.2. The van der Waals surface area contributed by atoms with Crippen LogP contribution in [0.15, 0.2) is 0 Å². The minimum atomic E-state index is -1.83. The van der Waals surface area contributed by atoms with Gasteiger partial charge in [-0.2, -0.15) is 0 Å². The number of rotatable bonds is 0. The van der Waals surface area contributed by atoms with Gasteiger partial charge in [0, 0.05) is 0 Å². The van der Waals surface area contributed by atoms with Gasteiger partial charge in [-0.05, 0) is 0 Å². The van der Waals surface area contributed by atoms with Gasteiger partial charge in [0.25, 0.3) is 0 Å². The van der Waals surface area contributed by atoms with E-state index in [9.17, 15) is 0 Å². The summed E-state index contributed by atoms with van der Waals surface area (Å²) in [5.41, 5.74) is 0. The Kier molecular flexibility index (Phi) is 55.7. The zero-order chi connectivity index (χ0) is 3.58. The fourth-order valence-corrected chi connectivity index (χ4v) is 0. The molecule has 0 aliphatic carbocycles. The van der Waals surface area contributed by atoms with Crippen LogP contribution in [0, 0.1) is 0 Å². The molecule has 3 nitrogen and oxygen atoms in total. The molecule has 0 radical (unpaired) electrons. The summed E-state index contributed by atoms with van der Waals surface area (Å²) < 4.78 is 0. The van der Waals surface area contributed by atoms with E-state index in [4.69, 9.17) is 15.0 Å². The normalized spacial score (nSPS) is 3.43. The van der Waals surface area contributed by atoms with E-state index in [1.54, 1.807) is 0 Å². The van der Waals surface area contributed by atoms with Crippen molar-refractivity contribution in [3.63, 3.8) is 0 Å². The summed E-state index contributed by atoms with van der Waals surface area (Å²) in [6, 6.07) is 0. The summed E-state index contributed by atoms with van der Waals surface area (Å²) in [5.74, 6) is 0. The molecule has 42 valence electrons. The van der Waals surface area contributed by atoms with Gasteiger partial charge >= 0.3 is 57.5 Å². The summed E-state index contributed by atoms with van der Waals surface area (Å²) >= 11 is 0. The van der Waals surface area contributed by atoms with E-state index in [0.29, 0.717) is 0 Å². The topological polar surface area (TPSA) is 57.5 Å². The molecule has 4 heteroatoms. The van der Waals surface area contributed by atoms with E-state index in [1.807, 2.05) is 0 Å². The monoisotopic (exact) mass is 134 g/mol. The van der Waals surface area contributed by atoms with Crippen LogP contribution in [0.2, 0.25) is 0 Å². The Morgan fingerprint density at radius 1 is 1.14 bits per heavy atom. The average Bonchev–Trinajstić information content (AvgIpc) is 0.811. The molecule has 0 fully saturated rings. The third-order valence-corrected chi connectivity index (χ3v) is 0. The van der Waals surface area contributed by atoms with Crippen LogP contribution in [-0.4, -0.2) is 67.8 Å². The summed E-state index contributed by atoms with van der Waals surface area (Å²) in [6.45, 7) is 0. The second kappa shape index (κ2) is 15.8. The maximum absolute atomic E-state index is 8.56. The van der Waals surface area contributed by atoms with Crippen molar-refractivity contribution in [1.82, 2.24) is 0 Å². The number of hydrogen-bond donors (Lipinski definition) is 2. The van der Waals surface area contributed by atoms with Crippen LogP contribution >= 0.6 is 0 Å². The van der Waals surface area contributed by atoms with E-state index in [-0.39, 0.29) is 66.2 Å². The molecule has 0 rings (SSSR count). The van der Waals surface area contributed by atoms with Crippen molar-refractivity contribution in [2.75, 3.05) is 0 Å². The van der Waals surface area contributed by atoms with Gasteiger partial charge in [0.15, 0.2) is 0 Å². The summed E-state index contributed by atoms with van der Waals surface area (Å²) in [5, 5.41) is 13.9. The molecule has 0 aromatic heterocycles. The molecule has 0 spiro atoms. The summed E-state index contributed by atoms with van der Waals surface area (Å²) in [4.78, 5) is 8.56. The van der Waals surface area contributed by atoms with Crippen molar-refractivity contribution in [1.29, 1.82) is 0 Å². The first-order valence-corrected chi connectivity index (χ1v) is 0.651. The Balaban J connectivity index is -0.0000000150. The summed E-state index contributed by atoms with van der Waals surface area (Å²) in [7, 11) is 0. The molecule has 0 aromatic rings. The predicted octanol–water partition coefficient (Wildman–Crippen LogP) is 0.846. The van der Waals surface area contributed by atoms with E-state index in [1.165, 1.54) is 0 Å². The van der Waals surface area contributed by atoms with Crippen molar-refractivity contribution in [2.45, 2.75) is 14.9 Å². The van der Waals surface area contributed by atoms with Gasteiger partial charge in [-0.3, -0.25) is 0 Å². The van der Waals surface area contributed by atoms with E-state index in [0.717, 1.165) is 0 Å². The van der Waals surface area contributed by atoms with Crippen molar-refractivity contribution in [2.24, 2.45) is 0 Å². The van der Waals surface area contributed by atoms with Gasteiger partial charge in [-0.15, -0.1) is 0 Å². The molecule has 2 N–H and O–H groups in total. The second-order valence-corrected chi connectivity index (χ2v) is 0.283. The van der Waals surface area contributed by atoms with Gasteiger partial charge in [0.2, 0.25) is 0 Å². The van der Waals surface area contributed by atoms with Crippen molar-refractivity contribution >= 4 is 57.5 Å². The van der Waals surface area contributed by atoms with E-state index < -0.39 is 6.16 Å². The molecule has 0 bridgehead atoms. The molecule has 7 heavy (non-hydrogen) atoms. The molecule has 0 unspecified atom stereocenters. The molecule has 0 saturated carbocycles. The zero-order valence-corrected chi connectivity index (χ0v) is 1.80. The molecule has 0 amide bonds. The van der Waals surface area contributed by atoms with Crippen molar-refractivity contribution in [3.05, 3.63) is 0 Å². The molecule has 0 heterocycles. The zero-order valence-electron chi connectivity index (χ0n) is 1.80. The van der Waals surface area contributed by atoms with Gasteiger partial charge in [0.05, 0.1) is 0 Å². The van der Waals surface area contributed by atoms with Crippen LogP contribution in [0.5, 0.6) is 0 Å². The van der Waals surface area contributed by atoms with Crippen LogP contribution in [0.4, 0.5) is 4.79 Å². The minimum absolute atomic E-state index is 0. The van der Waals surface area contributed by atoms with E-state index in [2.05, 4.69) is 0 Å². The van der Waals surface area contributed by atoms with Crippen LogP contribution in [0.3, 0.4) is 0 Å². The standard InChI is InChI=1S/CH2O3.2CH4.K.H/c2-1(3)4;;;;/h(H2,2,3,4);2*1H4;;. The first kappa shape index (κ1) is 24.7. The Hall–Kier alpha value is 0.906. The molecule has 0 aliphatic heterocycles. The van der Waals surface area contributed by atoms with Gasteiger partial charge in [0.1, 0.15) is 0 Å². The molecular formula is C3H11KO3. The second-order valence-electron chi connectivity index (χ2n) is 0.283. The van der Waals surface area contributed by atoms with Crippen LogP contribution in [-0.2, 0) is 0 Å². The fraction of sp³-hybridized carbons (Fsp3) is 0.667. The molecule has 0 atom stereocenters. The number of carbonyl (C=O) groups is 1. The Morgan fingerprint density at radius 2 is 1.14 bits per heavy atom. The van der Waals surface area contributed by atoms with Crippen LogP contribution in [0.25, 0.3) is 0 Å². The first-order chi connectivity index (χ1) is 1.73. The van der Waals surface area contributed by atoms with Crippen LogP contribution in [0.1, 0.15) is 14.9 Å². The van der Waals surface area contributed by atoms with E-state index >= 15 is 0 Å². The fourth-order valence-electron chi connectivity index (χ4n) is 0. The average molecular weight is 134 g/mol. The third-order valence-electron chi connectivity index (χ3n) is 0. The number of hydrogen-bond acceptors (Lipinski definition) is 1. The van der Waals surface area contributed by atoms with Gasteiger partial charge in [-0.1, -0.05) is 14.9 Å². The molecule has 0 aromatic carbocycles. The number of carboxylic acid groups (broad SMARTS) is 2. The SMILES string of the molecule is C.C.O=C(O)O.[KH]. The van der Waals surface area contributed by atoms with Gasteiger partial charge in [-0.25, -0.2) is 4.79 Å². The molecule has 0 aliphatic rings. The van der Waals surface area contributed by atoms with Crippen LogP contribution < -0.4 is 0 Å². The summed E-state index contributed by atoms with van der Waals surface area (Å²) in [6.07, 6.45) is -1.83. The van der Waals surface area contributed by atoms with Crippen molar-refractivity contribution in [3.8, 4) is 0 Å².